The lowest BCUT2D eigenvalue weighted by atomic mass is 9.96. The average Bonchev–Trinajstić information content (AvgIpc) is 3.38. The molecule has 0 bridgehead atoms. The van der Waals surface area contributed by atoms with Crippen LogP contribution in [0.2, 0.25) is 0 Å². The van der Waals surface area contributed by atoms with E-state index in [1.807, 2.05) is 30.3 Å². The summed E-state index contributed by atoms with van der Waals surface area (Å²) in [6.45, 7) is 2.93. The van der Waals surface area contributed by atoms with Crippen molar-refractivity contribution in [2.75, 3.05) is 13.1 Å². The van der Waals surface area contributed by atoms with E-state index >= 15 is 0 Å². The zero-order chi connectivity index (χ0) is 26.7. The summed E-state index contributed by atoms with van der Waals surface area (Å²) in [5.41, 5.74) is 2.00. The number of alkyl halides is 3. The molecule has 0 unspecified atom stereocenters. The molecule has 0 saturated carbocycles. The number of likely N-dealkylation sites (tertiary alicyclic amines) is 1. The van der Waals surface area contributed by atoms with Crippen LogP contribution in [0.15, 0.2) is 66.9 Å². The van der Waals surface area contributed by atoms with Crippen LogP contribution >= 0.6 is 0 Å². The Kier molecular flexibility index (Phi) is 7.13. The Bertz CT molecular complexity index is 1410. The van der Waals surface area contributed by atoms with E-state index in [4.69, 9.17) is 9.72 Å². The number of benzene rings is 2. The van der Waals surface area contributed by atoms with Crippen LogP contribution in [0.3, 0.4) is 0 Å². The van der Waals surface area contributed by atoms with E-state index < -0.39 is 11.7 Å². The van der Waals surface area contributed by atoms with Crippen LogP contribution in [0, 0.1) is 6.92 Å². The van der Waals surface area contributed by atoms with Crippen molar-refractivity contribution < 1.29 is 22.7 Å². The van der Waals surface area contributed by atoms with Crippen molar-refractivity contribution in [1.29, 1.82) is 0 Å². The zero-order valence-electron chi connectivity index (χ0n) is 20.7. The topological polar surface area (TPSA) is 84.0 Å². The fourth-order valence-electron chi connectivity index (χ4n) is 4.56. The van der Waals surface area contributed by atoms with E-state index in [-0.39, 0.29) is 18.6 Å². The van der Waals surface area contributed by atoms with Crippen LogP contribution in [-0.4, -0.2) is 44.0 Å². The van der Waals surface area contributed by atoms with Crippen molar-refractivity contribution in [3.8, 4) is 22.6 Å². The second kappa shape index (κ2) is 10.6. The molecule has 1 N–H and O–H groups in total. The highest BCUT2D eigenvalue weighted by molar-refractivity contribution is 5.77. The normalized spacial score (nSPS) is 14.5. The first-order valence-corrected chi connectivity index (χ1v) is 12.3. The monoisotopic (exact) mass is 521 g/mol. The molecule has 196 valence electrons. The molecular formula is C28H26F3N5O2. The molecule has 10 heteroatoms. The second-order valence-corrected chi connectivity index (χ2v) is 9.21. The van der Waals surface area contributed by atoms with Gasteiger partial charge in [0.05, 0.1) is 22.6 Å². The third kappa shape index (κ3) is 5.69. The van der Waals surface area contributed by atoms with Crippen LogP contribution in [0.4, 0.5) is 18.0 Å². The van der Waals surface area contributed by atoms with Crippen LogP contribution in [0.1, 0.15) is 41.5 Å². The molecule has 7 nitrogen and oxygen atoms in total. The zero-order valence-corrected chi connectivity index (χ0v) is 20.7. The third-order valence-electron chi connectivity index (χ3n) is 6.56. The van der Waals surface area contributed by atoms with Crippen LogP contribution < -0.4 is 0 Å². The summed E-state index contributed by atoms with van der Waals surface area (Å²) in [5, 5.41) is 0. The Morgan fingerprint density at radius 1 is 1.05 bits per heavy atom. The van der Waals surface area contributed by atoms with Gasteiger partial charge in [0.25, 0.3) is 0 Å². The predicted octanol–water partition coefficient (Wildman–Crippen LogP) is 6.38. The molecule has 1 aliphatic rings. The number of rotatable bonds is 5. The lowest BCUT2D eigenvalue weighted by Gasteiger charge is -2.30. The first-order chi connectivity index (χ1) is 18.3. The smallest absolute Gasteiger partial charge is 0.416 e. The largest absolute Gasteiger partial charge is 0.445 e. The summed E-state index contributed by atoms with van der Waals surface area (Å²) in [6.07, 6.45) is -1.96. The first-order valence-electron chi connectivity index (χ1n) is 12.3. The minimum Gasteiger partial charge on any atom is -0.445 e. The molecule has 3 heterocycles. The molecule has 1 fully saturated rings. The van der Waals surface area contributed by atoms with Gasteiger partial charge < -0.3 is 14.6 Å². The van der Waals surface area contributed by atoms with Crippen molar-refractivity contribution in [2.24, 2.45) is 0 Å². The lowest BCUT2D eigenvalue weighted by Crippen LogP contribution is -2.38. The van der Waals surface area contributed by atoms with E-state index in [0.717, 1.165) is 17.7 Å². The highest BCUT2D eigenvalue weighted by Gasteiger charge is 2.32. The van der Waals surface area contributed by atoms with Gasteiger partial charge in [0.15, 0.2) is 0 Å². The van der Waals surface area contributed by atoms with Crippen molar-refractivity contribution >= 4 is 6.09 Å². The number of nitrogens with one attached hydrogen (secondary N) is 1. The van der Waals surface area contributed by atoms with Gasteiger partial charge in [-0.1, -0.05) is 42.5 Å². The molecule has 4 aromatic rings. The van der Waals surface area contributed by atoms with Crippen molar-refractivity contribution in [2.45, 2.75) is 38.5 Å². The Morgan fingerprint density at radius 3 is 2.53 bits per heavy atom. The average molecular weight is 522 g/mol. The number of aromatic nitrogens is 4. The van der Waals surface area contributed by atoms with Gasteiger partial charge in [-0.05, 0) is 43.5 Å². The molecule has 5 rings (SSSR count). The minimum atomic E-state index is -4.47. The summed E-state index contributed by atoms with van der Waals surface area (Å²) >= 11 is 0. The molecule has 0 atom stereocenters. The number of aromatic amines is 1. The predicted molar refractivity (Wildman–Crippen MR) is 135 cm³/mol. The van der Waals surface area contributed by atoms with Gasteiger partial charge in [-0.25, -0.2) is 19.7 Å². The molecule has 1 amide bonds. The summed E-state index contributed by atoms with van der Waals surface area (Å²) in [7, 11) is 0. The van der Waals surface area contributed by atoms with Crippen LogP contribution in [-0.2, 0) is 17.5 Å². The summed E-state index contributed by atoms with van der Waals surface area (Å²) in [4.78, 5) is 30.9. The fraction of sp³-hybridized carbons (Fsp3) is 0.286. The number of aryl methyl sites for hydroxylation is 1. The molecule has 0 radical (unpaired) electrons. The van der Waals surface area contributed by atoms with Gasteiger partial charge in [0, 0.05) is 30.8 Å². The van der Waals surface area contributed by atoms with E-state index in [1.165, 1.54) is 6.07 Å². The summed E-state index contributed by atoms with van der Waals surface area (Å²) in [6, 6.07) is 16.3. The number of carbonyl (C=O) groups is 1. The van der Waals surface area contributed by atoms with Crippen molar-refractivity contribution in [1.82, 2.24) is 24.8 Å². The maximum Gasteiger partial charge on any atom is 0.416 e. The first kappa shape index (κ1) is 25.4. The molecule has 2 aromatic carbocycles. The number of H-pyrrole nitrogens is 1. The number of piperidine rings is 1. The summed E-state index contributed by atoms with van der Waals surface area (Å²) < 4.78 is 45.7. The van der Waals surface area contributed by atoms with Gasteiger partial charge in [0.2, 0.25) is 0 Å². The molecule has 1 saturated heterocycles. The SMILES string of the molecule is Cc1nccc(-c2[nH]c(C3CCN(C(=O)OCc4ccccc4)CC3)nc2-c2cccc(C(F)(F)F)c2)n1. The molecule has 1 aliphatic heterocycles. The number of ether oxygens (including phenoxy) is 1. The van der Waals surface area contributed by atoms with Crippen LogP contribution in [0.25, 0.3) is 22.6 Å². The van der Waals surface area contributed by atoms with Crippen molar-refractivity contribution in [3.63, 3.8) is 0 Å². The van der Waals surface area contributed by atoms with Crippen molar-refractivity contribution in [3.05, 3.63) is 89.6 Å². The Labute approximate surface area is 217 Å². The van der Waals surface area contributed by atoms with E-state index in [2.05, 4.69) is 15.0 Å². The molecule has 38 heavy (non-hydrogen) atoms. The van der Waals surface area contributed by atoms with Gasteiger partial charge >= 0.3 is 12.3 Å². The maximum absolute atomic E-state index is 13.4. The van der Waals surface area contributed by atoms with E-state index in [9.17, 15) is 18.0 Å². The Hall–Kier alpha value is -4.21. The minimum absolute atomic E-state index is 0.00518. The maximum atomic E-state index is 13.4. The standard InChI is InChI=1S/C28H26F3N5O2/c1-18-32-13-10-23(33-18)25-24(21-8-5-9-22(16-21)28(29,30)31)34-26(35-25)20-11-14-36(15-12-20)27(37)38-17-19-6-3-2-4-7-19/h2-10,13,16,20H,11-12,14-15,17H2,1H3,(H,34,35). The van der Waals surface area contributed by atoms with E-state index in [0.29, 0.717) is 60.2 Å². The Balaban J connectivity index is 1.36. The van der Waals surface area contributed by atoms with Gasteiger partial charge in [-0.2, -0.15) is 13.2 Å². The number of amides is 1. The fourth-order valence-corrected chi connectivity index (χ4v) is 4.56. The quantitative estimate of drug-likeness (QED) is 0.330. The number of imidazole rings is 1. The van der Waals surface area contributed by atoms with Gasteiger partial charge in [0.1, 0.15) is 18.3 Å². The number of halogens is 3. The van der Waals surface area contributed by atoms with Crippen LogP contribution in [0.5, 0.6) is 0 Å². The molecule has 2 aromatic heterocycles. The van der Waals surface area contributed by atoms with Gasteiger partial charge in [-0.15, -0.1) is 0 Å². The highest BCUT2D eigenvalue weighted by atomic mass is 19.4. The second-order valence-electron chi connectivity index (χ2n) is 9.21. The number of carbonyl (C=O) groups excluding carboxylic acids is 1. The lowest BCUT2D eigenvalue weighted by molar-refractivity contribution is -0.137. The Morgan fingerprint density at radius 2 is 1.82 bits per heavy atom. The van der Waals surface area contributed by atoms with E-state index in [1.54, 1.807) is 30.2 Å². The van der Waals surface area contributed by atoms with Gasteiger partial charge in [-0.3, -0.25) is 0 Å². The third-order valence-corrected chi connectivity index (χ3v) is 6.56. The molecule has 0 spiro atoms. The summed E-state index contributed by atoms with van der Waals surface area (Å²) in [5.74, 6) is 1.19. The number of nitrogens with zero attached hydrogens (tertiary/aromatic N) is 4. The molecule has 0 aliphatic carbocycles. The molecular weight excluding hydrogens is 495 g/mol. The number of hydrogen-bond donors (Lipinski definition) is 1. The highest BCUT2D eigenvalue weighted by Crippen LogP contribution is 2.37. The number of hydrogen-bond acceptors (Lipinski definition) is 5.